The molecule has 25 heavy (non-hydrogen) atoms. The summed E-state index contributed by atoms with van der Waals surface area (Å²) in [6.07, 6.45) is 4.16. The molecule has 2 aromatic rings. The molecule has 8 heteroatoms. The number of carbonyl (C=O) groups is 1. The zero-order valence-corrected chi connectivity index (χ0v) is 14.5. The van der Waals surface area contributed by atoms with Crippen molar-refractivity contribution in [2.24, 2.45) is 0 Å². The Labute approximate surface area is 145 Å². The largest absolute Gasteiger partial charge is 0.382 e. The number of carbonyl (C=O) groups excluding carboxylic acids is 1. The highest BCUT2D eigenvalue weighted by Gasteiger charge is 2.35. The van der Waals surface area contributed by atoms with Crippen LogP contribution >= 0.6 is 0 Å². The summed E-state index contributed by atoms with van der Waals surface area (Å²) in [4.78, 5) is 26.6. The van der Waals surface area contributed by atoms with Crippen LogP contribution in [0.4, 0.5) is 5.82 Å². The number of methoxy groups -OCH3 is 1. The van der Waals surface area contributed by atoms with Gasteiger partial charge >= 0.3 is 0 Å². The van der Waals surface area contributed by atoms with Crippen LogP contribution in [0.3, 0.4) is 0 Å². The van der Waals surface area contributed by atoms with Crippen LogP contribution in [0, 0.1) is 6.92 Å². The Bertz CT molecular complexity index is 813. The lowest BCUT2D eigenvalue weighted by Crippen LogP contribution is -2.41. The first-order valence-corrected chi connectivity index (χ1v) is 8.24. The van der Waals surface area contributed by atoms with Gasteiger partial charge in [-0.05, 0) is 31.0 Å². The molecule has 2 aromatic heterocycles. The van der Waals surface area contributed by atoms with Crippen LogP contribution < -0.4 is 11.3 Å². The van der Waals surface area contributed by atoms with Crippen molar-refractivity contribution in [3.63, 3.8) is 0 Å². The third kappa shape index (κ3) is 3.90. The van der Waals surface area contributed by atoms with Gasteiger partial charge in [0.25, 0.3) is 5.56 Å². The van der Waals surface area contributed by atoms with E-state index in [2.05, 4.69) is 5.10 Å². The fourth-order valence-corrected chi connectivity index (χ4v) is 3.19. The van der Waals surface area contributed by atoms with Crippen LogP contribution in [-0.4, -0.2) is 51.0 Å². The second kappa shape index (κ2) is 7.10. The molecule has 2 N–H and O–H groups in total. The molecular formula is C17H23N5O3. The molecule has 1 saturated heterocycles. The van der Waals surface area contributed by atoms with Gasteiger partial charge in [0, 0.05) is 32.1 Å². The van der Waals surface area contributed by atoms with Crippen molar-refractivity contribution in [2.75, 3.05) is 19.4 Å². The van der Waals surface area contributed by atoms with Crippen molar-refractivity contribution in [3.05, 3.63) is 46.5 Å². The van der Waals surface area contributed by atoms with E-state index in [1.807, 2.05) is 13.0 Å². The normalized spacial score (nSPS) is 20.2. The minimum atomic E-state index is -0.174. The maximum atomic E-state index is 12.8. The summed E-state index contributed by atoms with van der Waals surface area (Å²) in [7, 11) is 1.64. The van der Waals surface area contributed by atoms with Crippen molar-refractivity contribution in [1.82, 2.24) is 19.2 Å². The molecule has 2 atom stereocenters. The fraction of sp³-hybridized carbons (Fsp3) is 0.471. The van der Waals surface area contributed by atoms with Crippen molar-refractivity contribution in [2.45, 2.75) is 38.6 Å². The SMILES string of the molecule is CO[C@@H]1C[C@@H](Cn2ccc(N)n2)N(C(=O)Cn2ccc(C)cc2=O)C1. The van der Waals surface area contributed by atoms with Gasteiger partial charge in [0.05, 0.1) is 18.7 Å². The monoisotopic (exact) mass is 345 g/mol. The number of hydrogen-bond donors (Lipinski definition) is 1. The molecule has 1 aliphatic heterocycles. The molecule has 8 nitrogen and oxygen atoms in total. The van der Waals surface area contributed by atoms with E-state index >= 15 is 0 Å². The second-order valence-corrected chi connectivity index (χ2v) is 6.43. The number of anilines is 1. The quantitative estimate of drug-likeness (QED) is 0.838. The van der Waals surface area contributed by atoms with E-state index in [0.717, 1.165) is 12.0 Å². The molecule has 3 rings (SSSR count). The second-order valence-electron chi connectivity index (χ2n) is 6.43. The lowest BCUT2D eigenvalue weighted by atomic mass is 10.2. The third-order valence-corrected chi connectivity index (χ3v) is 4.55. The molecule has 1 aliphatic rings. The highest BCUT2D eigenvalue weighted by Crippen LogP contribution is 2.22. The number of hydrogen-bond acceptors (Lipinski definition) is 5. The van der Waals surface area contributed by atoms with E-state index in [1.165, 1.54) is 10.6 Å². The van der Waals surface area contributed by atoms with Crippen LogP contribution in [-0.2, 0) is 22.6 Å². The summed E-state index contributed by atoms with van der Waals surface area (Å²) in [5.74, 6) is 0.348. The summed E-state index contributed by atoms with van der Waals surface area (Å²) >= 11 is 0. The zero-order valence-electron chi connectivity index (χ0n) is 14.5. The number of nitrogens with zero attached hydrogens (tertiary/aromatic N) is 4. The van der Waals surface area contributed by atoms with E-state index in [4.69, 9.17) is 10.5 Å². The number of nitrogen functional groups attached to an aromatic ring is 1. The van der Waals surface area contributed by atoms with Gasteiger partial charge < -0.3 is 19.9 Å². The number of ether oxygens (including phenoxy) is 1. The molecule has 0 saturated carbocycles. The van der Waals surface area contributed by atoms with Gasteiger partial charge in [0.2, 0.25) is 5.91 Å². The molecule has 0 bridgehead atoms. The number of pyridine rings is 1. The van der Waals surface area contributed by atoms with Crippen molar-refractivity contribution < 1.29 is 9.53 Å². The van der Waals surface area contributed by atoms with Gasteiger partial charge in [-0.25, -0.2) is 0 Å². The Kier molecular flexibility index (Phi) is 4.89. The average Bonchev–Trinajstić information content (AvgIpc) is 3.16. The third-order valence-electron chi connectivity index (χ3n) is 4.55. The first-order valence-electron chi connectivity index (χ1n) is 8.24. The number of amides is 1. The molecule has 0 spiro atoms. The predicted octanol–water partition coefficient (Wildman–Crippen LogP) is 0.252. The van der Waals surface area contributed by atoms with Crippen LogP contribution in [0.5, 0.6) is 0 Å². The molecule has 0 aliphatic carbocycles. The zero-order chi connectivity index (χ0) is 18.0. The lowest BCUT2D eigenvalue weighted by molar-refractivity contribution is -0.133. The van der Waals surface area contributed by atoms with Crippen LogP contribution in [0.15, 0.2) is 35.4 Å². The first-order chi connectivity index (χ1) is 12.0. The van der Waals surface area contributed by atoms with Crippen molar-refractivity contribution in [3.8, 4) is 0 Å². The number of nitrogens with two attached hydrogens (primary N) is 1. The molecule has 1 fully saturated rings. The molecule has 1 amide bonds. The van der Waals surface area contributed by atoms with E-state index in [1.54, 1.807) is 35.2 Å². The molecule has 3 heterocycles. The van der Waals surface area contributed by atoms with Gasteiger partial charge in [-0.3, -0.25) is 14.3 Å². The summed E-state index contributed by atoms with van der Waals surface area (Å²) in [5, 5.41) is 4.19. The van der Waals surface area contributed by atoms with Crippen molar-refractivity contribution >= 4 is 11.7 Å². The lowest BCUT2D eigenvalue weighted by Gasteiger charge is -2.24. The summed E-state index contributed by atoms with van der Waals surface area (Å²) < 4.78 is 8.60. The number of aromatic nitrogens is 3. The molecule has 0 aromatic carbocycles. The van der Waals surface area contributed by atoms with Gasteiger partial charge in [0.15, 0.2) is 0 Å². The van der Waals surface area contributed by atoms with E-state index in [-0.39, 0.29) is 30.2 Å². The Hall–Kier alpha value is -2.61. The Morgan fingerprint density at radius 1 is 1.40 bits per heavy atom. The maximum Gasteiger partial charge on any atom is 0.251 e. The van der Waals surface area contributed by atoms with Crippen LogP contribution in [0.1, 0.15) is 12.0 Å². The Morgan fingerprint density at radius 3 is 2.84 bits per heavy atom. The van der Waals surface area contributed by atoms with Crippen LogP contribution in [0.2, 0.25) is 0 Å². The highest BCUT2D eigenvalue weighted by atomic mass is 16.5. The van der Waals surface area contributed by atoms with Gasteiger partial charge in [-0.1, -0.05) is 0 Å². The predicted molar refractivity (Wildman–Crippen MR) is 93.0 cm³/mol. The molecule has 134 valence electrons. The van der Waals surface area contributed by atoms with Crippen molar-refractivity contribution in [1.29, 1.82) is 0 Å². The highest BCUT2D eigenvalue weighted by molar-refractivity contribution is 5.76. The fourth-order valence-electron chi connectivity index (χ4n) is 3.19. The summed E-state index contributed by atoms with van der Waals surface area (Å²) in [6.45, 7) is 2.93. The molecular weight excluding hydrogens is 322 g/mol. The Morgan fingerprint density at radius 2 is 2.20 bits per heavy atom. The van der Waals surface area contributed by atoms with E-state index < -0.39 is 0 Å². The first kappa shape index (κ1) is 17.2. The summed E-state index contributed by atoms with van der Waals surface area (Å²) in [5.41, 5.74) is 6.36. The van der Waals surface area contributed by atoms with Crippen LogP contribution in [0.25, 0.3) is 0 Å². The average molecular weight is 345 g/mol. The topological polar surface area (TPSA) is 95.4 Å². The van der Waals surface area contributed by atoms with Gasteiger partial charge in [-0.15, -0.1) is 0 Å². The van der Waals surface area contributed by atoms with E-state index in [0.29, 0.717) is 18.9 Å². The summed E-state index contributed by atoms with van der Waals surface area (Å²) in [6, 6.07) is 5.03. The number of rotatable bonds is 5. The van der Waals surface area contributed by atoms with Gasteiger partial charge in [-0.2, -0.15) is 5.10 Å². The minimum Gasteiger partial charge on any atom is -0.382 e. The van der Waals surface area contributed by atoms with Gasteiger partial charge in [0.1, 0.15) is 12.4 Å². The van der Waals surface area contributed by atoms with E-state index in [9.17, 15) is 9.59 Å². The smallest absolute Gasteiger partial charge is 0.251 e. The standard InChI is InChI=1S/C17H23N5O3/c1-12-3-5-20(16(23)7-12)11-17(24)22-10-14(25-2)8-13(22)9-21-6-4-15(18)19-21/h3-7,13-14H,8-11H2,1-2H3,(H2,18,19)/t13-,14+/m0/s1. The molecule has 0 radical (unpaired) electrons. The number of aryl methyl sites for hydroxylation is 1. The number of likely N-dealkylation sites (tertiary alicyclic amines) is 1. The minimum absolute atomic E-state index is 0.0170. The Balaban J connectivity index is 1.74. The maximum absolute atomic E-state index is 12.8. The molecule has 0 unspecified atom stereocenters.